The number of hydrogen-bond donors (Lipinski definition) is 1. The Morgan fingerprint density at radius 3 is 2.56 bits per heavy atom. The van der Waals surface area contributed by atoms with E-state index < -0.39 is 11.2 Å². The van der Waals surface area contributed by atoms with E-state index in [1.165, 1.54) is 4.57 Å². The molecule has 1 amide bonds. The molecule has 0 unspecified atom stereocenters. The summed E-state index contributed by atoms with van der Waals surface area (Å²) in [6.07, 6.45) is 4.77. The van der Waals surface area contributed by atoms with Crippen molar-refractivity contribution in [3.05, 3.63) is 63.1 Å². The van der Waals surface area contributed by atoms with E-state index in [0.717, 1.165) is 29.4 Å². The van der Waals surface area contributed by atoms with Crippen LogP contribution in [0, 0.1) is 17.8 Å². The topological polar surface area (TPSA) is 90.9 Å². The minimum atomic E-state index is -0.517. The van der Waals surface area contributed by atoms with Crippen LogP contribution in [0.2, 0.25) is 0 Å². The summed E-state index contributed by atoms with van der Waals surface area (Å²) in [5.74, 6) is 0.884. The predicted octanol–water partition coefficient (Wildman–Crippen LogP) is 3.00. The number of rotatable bonds is 7. The summed E-state index contributed by atoms with van der Waals surface area (Å²) in [6, 6.07) is 9.65. The van der Waals surface area contributed by atoms with E-state index >= 15 is 0 Å². The molecule has 0 aliphatic heterocycles. The average molecular weight is 466 g/mol. The number of amides is 1. The maximum atomic E-state index is 13.5. The average Bonchev–Trinajstić information content (AvgIpc) is 3.21. The number of imidazole rings is 1. The highest BCUT2D eigenvalue weighted by Gasteiger charge is 2.29. The monoisotopic (exact) mass is 465 g/mol. The van der Waals surface area contributed by atoms with Crippen molar-refractivity contribution < 1.29 is 4.79 Å². The molecule has 1 N–H and O–H groups in total. The van der Waals surface area contributed by atoms with E-state index in [-0.39, 0.29) is 31.0 Å². The summed E-state index contributed by atoms with van der Waals surface area (Å²) in [7, 11) is 0. The molecule has 8 heteroatoms. The van der Waals surface area contributed by atoms with Gasteiger partial charge in [0.2, 0.25) is 5.91 Å². The Bertz CT molecular complexity index is 1270. The summed E-state index contributed by atoms with van der Waals surface area (Å²) in [5.41, 5.74) is 0.644. The second-order valence-electron chi connectivity index (χ2n) is 10.1. The first-order chi connectivity index (χ1) is 16.3. The van der Waals surface area contributed by atoms with Crippen molar-refractivity contribution in [2.75, 3.05) is 0 Å². The number of nitrogens with zero attached hydrogens (tertiary/aromatic N) is 4. The molecule has 1 fully saturated rings. The van der Waals surface area contributed by atoms with Crippen LogP contribution in [-0.2, 0) is 24.4 Å². The van der Waals surface area contributed by atoms with E-state index in [1.807, 2.05) is 30.3 Å². The predicted molar refractivity (Wildman–Crippen MR) is 133 cm³/mol. The van der Waals surface area contributed by atoms with Gasteiger partial charge in [0.25, 0.3) is 5.56 Å². The molecule has 2 heterocycles. The summed E-state index contributed by atoms with van der Waals surface area (Å²) in [4.78, 5) is 44.4. The van der Waals surface area contributed by atoms with Gasteiger partial charge in [0, 0.05) is 12.6 Å². The minimum Gasteiger partial charge on any atom is -0.352 e. The molecule has 34 heavy (non-hydrogen) atoms. The third-order valence-corrected chi connectivity index (χ3v) is 7.08. The zero-order valence-electron chi connectivity index (χ0n) is 20.5. The SMILES string of the molecule is CC(C)Cn1cnc2c1c(=O)n(CC(=O)N[C@@H]1CCC[C@@H](C)[C@@H]1C)c(=O)n2Cc1ccccc1. The van der Waals surface area contributed by atoms with E-state index in [0.29, 0.717) is 29.5 Å². The van der Waals surface area contributed by atoms with Crippen molar-refractivity contribution in [2.45, 2.75) is 72.6 Å². The van der Waals surface area contributed by atoms with Crippen molar-refractivity contribution in [3.63, 3.8) is 0 Å². The first-order valence-corrected chi connectivity index (χ1v) is 12.3. The van der Waals surface area contributed by atoms with Crippen LogP contribution in [0.25, 0.3) is 11.2 Å². The third kappa shape index (κ3) is 4.86. The number of hydrogen-bond acceptors (Lipinski definition) is 4. The fourth-order valence-corrected chi connectivity index (χ4v) is 5.00. The van der Waals surface area contributed by atoms with E-state index in [9.17, 15) is 14.4 Å². The van der Waals surface area contributed by atoms with Crippen LogP contribution in [0.4, 0.5) is 0 Å². The molecule has 1 aliphatic carbocycles. The lowest BCUT2D eigenvalue weighted by molar-refractivity contribution is -0.123. The Balaban J connectivity index is 1.73. The van der Waals surface area contributed by atoms with Gasteiger partial charge in [-0.3, -0.25) is 14.2 Å². The molecule has 182 valence electrons. The van der Waals surface area contributed by atoms with Gasteiger partial charge in [-0.25, -0.2) is 14.3 Å². The number of carbonyl (C=O) groups excluding carboxylic acids is 1. The first kappa shape index (κ1) is 24.0. The fraction of sp³-hybridized carbons (Fsp3) is 0.538. The normalized spacial score (nSPS) is 20.7. The molecule has 1 aliphatic rings. The van der Waals surface area contributed by atoms with Gasteiger partial charge in [-0.1, -0.05) is 70.9 Å². The lowest BCUT2D eigenvalue weighted by Gasteiger charge is -2.34. The molecule has 1 saturated carbocycles. The second kappa shape index (κ2) is 9.99. The number of carbonyl (C=O) groups is 1. The van der Waals surface area contributed by atoms with E-state index in [1.54, 1.807) is 10.9 Å². The summed E-state index contributed by atoms with van der Waals surface area (Å²) in [6.45, 7) is 9.05. The largest absolute Gasteiger partial charge is 0.352 e. The standard InChI is InChI=1S/C26H35N5O3/c1-17(2)13-29-16-27-24-23(29)25(33)31(26(34)30(24)14-20-10-6-5-7-11-20)15-22(32)28-21-12-8-9-18(3)19(21)4/h5-7,10-11,16-19,21H,8-9,12-15H2,1-4H3,(H,28,32)/t18-,19+,21-/m1/s1. The van der Waals surface area contributed by atoms with Crippen LogP contribution in [0.5, 0.6) is 0 Å². The van der Waals surface area contributed by atoms with Gasteiger partial charge in [0.15, 0.2) is 11.2 Å². The molecular formula is C26H35N5O3. The molecule has 3 aromatic rings. The summed E-state index contributed by atoms with van der Waals surface area (Å²) < 4.78 is 4.36. The molecule has 3 atom stereocenters. The highest BCUT2D eigenvalue weighted by Crippen LogP contribution is 2.29. The lowest BCUT2D eigenvalue weighted by Crippen LogP contribution is -2.48. The molecule has 2 aromatic heterocycles. The van der Waals surface area contributed by atoms with E-state index in [2.05, 4.69) is 38.0 Å². The highest BCUT2D eigenvalue weighted by atomic mass is 16.2. The van der Waals surface area contributed by atoms with Gasteiger partial charge >= 0.3 is 5.69 Å². The number of benzene rings is 1. The Kier molecular flexibility index (Phi) is 7.05. The maximum Gasteiger partial charge on any atom is 0.333 e. The Hall–Kier alpha value is -3.16. The van der Waals surface area contributed by atoms with Crippen LogP contribution in [0.3, 0.4) is 0 Å². The maximum absolute atomic E-state index is 13.5. The van der Waals surface area contributed by atoms with Gasteiger partial charge in [-0.15, -0.1) is 0 Å². The number of fused-ring (bicyclic) bond motifs is 1. The van der Waals surface area contributed by atoms with Gasteiger partial charge in [0.05, 0.1) is 12.9 Å². The van der Waals surface area contributed by atoms with Crippen LogP contribution >= 0.6 is 0 Å². The molecule has 4 rings (SSSR count). The van der Waals surface area contributed by atoms with Crippen molar-refractivity contribution in [1.29, 1.82) is 0 Å². The second-order valence-corrected chi connectivity index (χ2v) is 10.1. The van der Waals surface area contributed by atoms with Crippen molar-refractivity contribution in [2.24, 2.45) is 17.8 Å². The van der Waals surface area contributed by atoms with Gasteiger partial charge in [-0.05, 0) is 29.7 Å². The molecule has 8 nitrogen and oxygen atoms in total. The zero-order valence-corrected chi connectivity index (χ0v) is 20.5. The Morgan fingerprint density at radius 1 is 1.12 bits per heavy atom. The lowest BCUT2D eigenvalue weighted by atomic mass is 9.78. The van der Waals surface area contributed by atoms with Crippen LogP contribution in [0.1, 0.15) is 52.5 Å². The van der Waals surface area contributed by atoms with Gasteiger partial charge in [0.1, 0.15) is 6.54 Å². The van der Waals surface area contributed by atoms with E-state index in [4.69, 9.17) is 0 Å². The third-order valence-electron chi connectivity index (χ3n) is 7.08. The smallest absolute Gasteiger partial charge is 0.333 e. The Labute approximate surface area is 199 Å². The van der Waals surface area contributed by atoms with Crippen LogP contribution < -0.4 is 16.6 Å². The van der Waals surface area contributed by atoms with Crippen molar-refractivity contribution in [1.82, 2.24) is 24.0 Å². The minimum absolute atomic E-state index is 0.0636. The zero-order chi connectivity index (χ0) is 24.4. The Morgan fingerprint density at radius 2 is 1.85 bits per heavy atom. The molecule has 1 aromatic carbocycles. The molecule has 0 bridgehead atoms. The molecule has 0 spiro atoms. The first-order valence-electron chi connectivity index (χ1n) is 12.3. The quantitative estimate of drug-likeness (QED) is 0.581. The fourth-order valence-electron chi connectivity index (χ4n) is 5.00. The summed E-state index contributed by atoms with van der Waals surface area (Å²) >= 11 is 0. The number of aromatic nitrogens is 4. The van der Waals surface area contributed by atoms with Crippen LogP contribution in [0.15, 0.2) is 46.2 Å². The van der Waals surface area contributed by atoms with Crippen LogP contribution in [-0.4, -0.2) is 30.6 Å². The van der Waals surface area contributed by atoms with Gasteiger partial charge in [-0.2, -0.15) is 0 Å². The molecule has 0 radical (unpaired) electrons. The van der Waals surface area contributed by atoms with Crippen molar-refractivity contribution in [3.8, 4) is 0 Å². The van der Waals surface area contributed by atoms with Gasteiger partial charge < -0.3 is 9.88 Å². The van der Waals surface area contributed by atoms with Crippen molar-refractivity contribution >= 4 is 17.1 Å². The molecular weight excluding hydrogens is 430 g/mol. The molecule has 0 saturated heterocycles. The number of nitrogens with one attached hydrogen (secondary N) is 1. The summed E-state index contributed by atoms with van der Waals surface area (Å²) in [5, 5.41) is 3.09. The highest BCUT2D eigenvalue weighted by molar-refractivity contribution is 5.77.